The van der Waals surface area contributed by atoms with Gasteiger partial charge in [-0.05, 0) is 36.4 Å². The normalized spacial score (nSPS) is 10.8. The van der Waals surface area contributed by atoms with E-state index in [9.17, 15) is 0 Å². The average molecular weight is 426 g/mol. The van der Waals surface area contributed by atoms with Gasteiger partial charge in [-0.25, -0.2) is 9.97 Å². The van der Waals surface area contributed by atoms with Gasteiger partial charge in [0.1, 0.15) is 22.9 Å². The van der Waals surface area contributed by atoms with Gasteiger partial charge in [-0.15, -0.1) is 0 Å². The van der Waals surface area contributed by atoms with Gasteiger partial charge in [-0.2, -0.15) is 10.2 Å². The highest BCUT2D eigenvalue weighted by molar-refractivity contribution is 5.77. The van der Waals surface area contributed by atoms with Gasteiger partial charge in [0.05, 0.1) is 25.3 Å². The summed E-state index contributed by atoms with van der Waals surface area (Å²) in [6.45, 7) is 0. The first-order valence-corrected chi connectivity index (χ1v) is 9.71. The van der Waals surface area contributed by atoms with E-state index in [2.05, 4.69) is 40.3 Å². The number of pyridine rings is 2. The number of ether oxygens (including phenoxy) is 2. The van der Waals surface area contributed by atoms with Crippen molar-refractivity contribution in [2.24, 2.45) is 0 Å². The molecule has 4 aromatic heterocycles. The summed E-state index contributed by atoms with van der Waals surface area (Å²) in [6, 6.07) is 14.8. The smallest absolute Gasteiger partial charge is 0.185 e. The fourth-order valence-corrected chi connectivity index (χ4v) is 3.25. The molecule has 32 heavy (non-hydrogen) atoms. The van der Waals surface area contributed by atoms with Crippen LogP contribution in [0.15, 0.2) is 60.9 Å². The van der Waals surface area contributed by atoms with Crippen LogP contribution in [-0.4, -0.2) is 54.6 Å². The Morgan fingerprint density at radius 2 is 1.12 bits per heavy atom. The molecule has 0 aliphatic heterocycles. The van der Waals surface area contributed by atoms with E-state index in [0.29, 0.717) is 57.3 Å². The number of aromatic nitrogens is 8. The van der Waals surface area contributed by atoms with Crippen LogP contribution < -0.4 is 9.47 Å². The molecule has 158 valence electrons. The third-order valence-electron chi connectivity index (χ3n) is 4.79. The summed E-state index contributed by atoms with van der Waals surface area (Å²) >= 11 is 0. The molecule has 10 nitrogen and oxygen atoms in total. The zero-order valence-electron chi connectivity index (χ0n) is 17.3. The minimum absolute atomic E-state index is 0.455. The van der Waals surface area contributed by atoms with Crippen LogP contribution in [0.4, 0.5) is 0 Å². The molecular weight excluding hydrogens is 408 g/mol. The van der Waals surface area contributed by atoms with Crippen LogP contribution in [0.2, 0.25) is 0 Å². The summed E-state index contributed by atoms with van der Waals surface area (Å²) in [4.78, 5) is 17.7. The minimum Gasteiger partial charge on any atom is -0.496 e. The van der Waals surface area contributed by atoms with Crippen LogP contribution in [0.5, 0.6) is 11.5 Å². The monoisotopic (exact) mass is 426 g/mol. The molecule has 10 heteroatoms. The Kier molecular flexibility index (Phi) is 5.00. The third kappa shape index (κ3) is 3.54. The van der Waals surface area contributed by atoms with Crippen molar-refractivity contribution in [1.29, 1.82) is 0 Å². The SMILES string of the molecule is COc1cc(-c2n[nH]c(-c3ccccn3)n2)c(OC)cc1-c1n[nH]c(-c2ccccn2)n1. The van der Waals surface area contributed by atoms with Crippen LogP contribution in [0.1, 0.15) is 0 Å². The first-order chi connectivity index (χ1) is 15.8. The van der Waals surface area contributed by atoms with E-state index in [0.717, 1.165) is 0 Å². The molecule has 0 aliphatic carbocycles. The van der Waals surface area contributed by atoms with E-state index < -0.39 is 0 Å². The van der Waals surface area contributed by atoms with Gasteiger partial charge < -0.3 is 9.47 Å². The Hall–Kier alpha value is -4.60. The standard InChI is InChI=1S/C22H18N8O2/c1-31-17-11-14(20-26-22(30-28-20)16-8-4-6-10-24-16)18(32-2)12-13(17)19-25-21(29-27-19)15-7-3-5-9-23-15/h3-12H,1-2H3,(H,25,27,29)(H,26,28,30). The number of aromatic amines is 2. The van der Waals surface area contributed by atoms with Gasteiger partial charge in [-0.1, -0.05) is 12.1 Å². The van der Waals surface area contributed by atoms with Crippen LogP contribution in [0.3, 0.4) is 0 Å². The van der Waals surface area contributed by atoms with Crippen LogP contribution in [0, 0.1) is 0 Å². The highest BCUT2D eigenvalue weighted by Crippen LogP contribution is 2.39. The largest absolute Gasteiger partial charge is 0.496 e. The molecule has 0 fully saturated rings. The van der Waals surface area contributed by atoms with Crippen molar-refractivity contribution < 1.29 is 9.47 Å². The minimum atomic E-state index is 0.455. The summed E-state index contributed by atoms with van der Waals surface area (Å²) in [5.41, 5.74) is 2.70. The lowest BCUT2D eigenvalue weighted by Gasteiger charge is -2.11. The number of benzene rings is 1. The topological polar surface area (TPSA) is 127 Å². The summed E-state index contributed by atoms with van der Waals surface area (Å²) < 4.78 is 11.2. The van der Waals surface area contributed by atoms with Crippen molar-refractivity contribution >= 4 is 0 Å². The second-order valence-electron chi connectivity index (χ2n) is 6.70. The molecule has 0 amide bonds. The maximum atomic E-state index is 5.62. The van der Waals surface area contributed by atoms with Gasteiger partial charge in [0.25, 0.3) is 0 Å². The molecule has 0 spiro atoms. The number of methoxy groups -OCH3 is 2. The van der Waals surface area contributed by atoms with Crippen molar-refractivity contribution in [3.8, 4) is 57.3 Å². The Bertz CT molecular complexity index is 1240. The number of rotatable bonds is 6. The quantitative estimate of drug-likeness (QED) is 0.423. The van der Waals surface area contributed by atoms with Crippen LogP contribution in [0.25, 0.3) is 45.8 Å². The van der Waals surface area contributed by atoms with Crippen molar-refractivity contribution in [1.82, 2.24) is 40.3 Å². The molecule has 0 saturated heterocycles. The van der Waals surface area contributed by atoms with E-state index >= 15 is 0 Å². The lowest BCUT2D eigenvalue weighted by Crippen LogP contribution is -1.96. The third-order valence-corrected chi connectivity index (χ3v) is 4.79. The fraction of sp³-hybridized carbons (Fsp3) is 0.0909. The molecule has 0 bridgehead atoms. The molecule has 0 unspecified atom stereocenters. The highest BCUT2D eigenvalue weighted by atomic mass is 16.5. The van der Waals surface area contributed by atoms with Crippen molar-refractivity contribution in [3.05, 3.63) is 60.9 Å². The molecule has 1 aromatic carbocycles. The Balaban J connectivity index is 1.55. The van der Waals surface area contributed by atoms with E-state index in [-0.39, 0.29) is 0 Å². The molecule has 5 aromatic rings. The first-order valence-electron chi connectivity index (χ1n) is 9.71. The maximum Gasteiger partial charge on any atom is 0.185 e. The Labute approximate surface area is 182 Å². The highest BCUT2D eigenvalue weighted by Gasteiger charge is 2.20. The second kappa shape index (κ2) is 8.26. The van der Waals surface area contributed by atoms with Gasteiger partial charge >= 0.3 is 0 Å². The molecule has 0 aliphatic rings. The predicted octanol–water partition coefficient (Wildman–Crippen LogP) is 3.40. The Morgan fingerprint density at radius 3 is 1.50 bits per heavy atom. The molecule has 0 atom stereocenters. The zero-order chi connectivity index (χ0) is 21.9. The van der Waals surface area contributed by atoms with Crippen molar-refractivity contribution in [2.45, 2.75) is 0 Å². The van der Waals surface area contributed by atoms with E-state index in [1.54, 1.807) is 38.7 Å². The van der Waals surface area contributed by atoms with Crippen LogP contribution >= 0.6 is 0 Å². The fourth-order valence-electron chi connectivity index (χ4n) is 3.25. The molecule has 2 N–H and O–H groups in total. The number of nitrogens with zero attached hydrogens (tertiary/aromatic N) is 6. The first kappa shape index (κ1) is 19.4. The lowest BCUT2D eigenvalue weighted by molar-refractivity contribution is 0.405. The number of nitrogens with one attached hydrogen (secondary N) is 2. The summed E-state index contributed by atoms with van der Waals surface area (Å²) in [5, 5.41) is 14.5. The van der Waals surface area contributed by atoms with E-state index in [1.165, 1.54) is 0 Å². The van der Waals surface area contributed by atoms with Gasteiger partial charge in [0.2, 0.25) is 0 Å². The van der Waals surface area contributed by atoms with Crippen molar-refractivity contribution in [3.63, 3.8) is 0 Å². The predicted molar refractivity (Wildman–Crippen MR) is 117 cm³/mol. The van der Waals surface area contributed by atoms with Gasteiger partial charge in [-0.3, -0.25) is 20.2 Å². The molecule has 4 heterocycles. The summed E-state index contributed by atoms with van der Waals surface area (Å²) in [5.74, 6) is 3.13. The molecular formula is C22H18N8O2. The Morgan fingerprint density at radius 1 is 0.656 bits per heavy atom. The number of hydrogen-bond donors (Lipinski definition) is 2. The lowest BCUT2D eigenvalue weighted by atomic mass is 10.1. The van der Waals surface area contributed by atoms with Gasteiger partial charge in [0.15, 0.2) is 23.3 Å². The molecule has 0 radical (unpaired) electrons. The van der Waals surface area contributed by atoms with Crippen LogP contribution in [-0.2, 0) is 0 Å². The number of H-pyrrole nitrogens is 2. The number of hydrogen-bond acceptors (Lipinski definition) is 8. The zero-order valence-corrected chi connectivity index (χ0v) is 17.3. The summed E-state index contributed by atoms with van der Waals surface area (Å²) in [7, 11) is 3.16. The average Bonchev–Trinajstić information content (AvgIpc) is 3.55. The maximum absolute atomic E-state index is 5.62. The van der Waals surface area contributed by atoms with E-state index in [1.807, 2.05) is 36.4 Å². The molecule has 5 rings (SSSR count). The van der Waals surface area contributed by atoms with Gasteiger partial charge in [0, 0.05) is 12.4 Å². The van der Waals surface area contributed by atoms with Crippen molar-refractivity contribution in [2.75, 3.05) is 14.2 Å². The second-order valence-corrected chi connectivity index (χ2v) is 6.70. The molecule has 0 saturated carbocycles. The summed E-state index contributed by atoms with van der Waals surface area (Å²) in [6.07, 6.45) is 3.40. The van der Waals surface area contributed by atoms with E-state index in [4.69, 9.17) is 9.47 Å².